The second-order valence-corrected chi connectivity index (χ2v) is 5.12. The maximum absolute atomic E-state index is 13.3. The topological polar surface area (TPSA) is 49.6 Å². The van der Waals surface area contributed by atoms with Gasteiger partial charge in [0.25, 0.3) is 0 Å². The highest BCUT2D eigenvalue weighted by molar-refractivity contribution is 5.78. The van der Waals surface area contributed by atoms with Crippen molar-refractivity contribution in [3.63, 3.8) is 0 Å². The lowest BCUT2D eigenvalue weighted by atomic mass is 10.2. The predicted molar refractivity (Wildman–Crippen MR) is 73.0 cm³/mol. The average Bonchev–Trinajstić information content (AvgIpc) is 2.87. The van der Waals surface area contributed by atoms with Gasteiger partial charge in [0.1, 0.15) is 5.82 Å². The second-order valence-electron chi connectivity index (χ2n) is 5.12. The minimum atomic E-state index is -0.406. The summed E-state index contributed by atoms with van der Waals surface area (Å²) in [6, 6.07) is 4.77. The number of nitrogens with two attached hydrogens (primary N) is 1. The third-order valence-corrected chi connectivity index (χ3v) is 3.38. The highest BCUT2D eigenvalue weighted by atomic mass is 19.1. The van der Waals surface area contributed by atoms with Gasteiger partial charge in [-0.3, -0.25) is 9.69 Å². The molecule has 4 nitrogen and oxygen atoms in total. The smallest absolute Gasteiger partial charge is 0.236 e. The van der Waals surface area contributed by atoms with Gasteiger partial charge in [0.2, 0.25) is 5.91 Å². The highest BCUT2D eigenvalue weighted by Crippen LogP contribution is 2.14. The first-order chi connectivity index (χ1) is 9.06. The molecular weight excluding hydrogens is 245 g/mol. The van der Waals surface area contributed by atoms with Gasteiger partial charge in [0, 0.05) is 19.6 Å². The molecule has 1 aromatic carbocycles. The van der Waals surface area contributed by atoms with Crippen LogP contribution in [0.3, 0.4) is 0 Å². The lowest BCUT2D eigenvalue weighted by molar-refractivity contribution is -0.131. The van der Waals surface area contributed by atoms with E-state index >= 15 is 0 Å². The largest absolute Gasteiger partial charge is 0.396 e. The molecule has 5 heteroatoms. The molecule has 0 saturated carbocycles. The number of halogens is 1. The van der Waals surface area contributed by atoms with Crippen LogP contribution in [0.15, 0.2) is 18.2 Å². The van der Waals surface area contributed by atoms with Gasteiger partial charge in [0.05, 0.1) is 12.2 Å². The molecule has 1 aliphatic heterocycles. The second kappa shape index (κ2) is 6.02. The maximum Gasteiger partial charge on any atom is 0.236 e. The van der Waals surface area contributed by atoms with Crippen molar-refractivity contribution in [2.45, 2.75) is 19.4 Å². The predicted octanol–water partition coefficient (Wildman–Crippen LogP) is 1.46. The quantitative estimate of drug-likeness (QED) is 0.839. The first-order valence-electron chi connectivity index (χ1n) is 6.56. The molecule has 19 heavy (non-hydrogen) atoms. The number of anilines is 1. The molecule has 0 bridgehead atoms. The minimum Gasteiger partial charge on any atom is -0.396 e. The molecule has 104 valence electrons. The molecular formula is C14H20FN3O. The van der Waals surface area contributed by atoms with Crippen molar-refractivity contribution in [2.24, 2.45) is 0 Å². The first-order valence-corrected chi connectivity index (χ1v) is 6.56. The van der Waals surface area contributed by atoms with Crippen LogP contribution in [0, 0.1) is 5.82 Å². The fourth-order valence-electron chi connectivity index (χ4n) is 2.33. The van der Waals surface area contributed by atoms with E-state index < -0.39 is 5.82 Å². The number of likely N-dealkylation sites (tertiary alicyclic amines) is 1. The van der Waals surface area contributed by atoms with Gasteiger partial charge in [-0.2, -0.15) is 0 Å². The third-order valence-electron chi connectivity index (χ3n) is 3.38. The Bertz CT molecular complexity index is 458. The van der Waals surface area contributed by atoms with Gasteiger partial charge in [-0.1, -0.05) is 6.07 Å². The summed E-state index contributed by atoms with van der Waals surface area (Å²) < 4.78 is 13.3. The van der Waals surface area contributed by atoms with Crippen LogP contribution in [0.5, 0.6) is 0 Å². The number of benzene rings is 1. The van der Waals surface area contributed by atoms with Gasteiger partial charge in [-0.25, -0.2) is 4.39 Å². The number of nitrogen functional groups attached to an aromatic ring is 1. The number of hydrogen-bond acceptors (Lipinski definition) is 3. The van der Waals surface area contributed by atoms with Crippen LogP contribution in [0.25, 0.3) is 0 Å². The molecule has 1 fully saturated rings. The van der Waals surface area contributed by atoms with E-state index in [9.17, 15) is 9.18 Å². The van der Waals surface area contributed by atoms with E-state index in [1.807, 2.05) is 16.8 Å². The van der Waals surface area contributed by atoms with E-state index in [1.165, 1.54) is 6.07 Å². The van der Waals surface area contributed by atoms with Crippen molar-refractivity contribution in [1.29, 1.82) is 0 Å². The molecule has 0 unspecified atom stereocenters. The SMILES string of the molecule is CN(CC(=O)N1CCCC1)Cc1ccc(N)c(F)c1. The Kier molecular flexibility index (Phi) is 4.37. The number of amides is 1. The lowest BCUT2D eigenvalue weighted by Crippen LogP contribution is -2.36. The Labute approximate surface area is 113 Å². The van der Waals surface area contributed by atoms with Crippen LogP contribution in [0.2, 0.25) is 0 Å². The Balaban J connectivity index is 1.87. The maximum atomic E-state index is 13.3. The number of carbonyl (C=O) groups is 1. The van der Waals surface area contributed by atoms with E-state index in [-0.39, 0.29) is 11.6 Å². The van der Waals surface area contributed by atoms with Crippen molar-refractivity contribution in [3.05, 3.63) is 29.6 Å². The molecule has 0 radical (unpaired) electrons. The van der Waals surface area contributed by atoms with Crippen LogP contribution in [0.4, 0.5) is 10.1 Å². The van der Waals surface area contributed by atoms with Gasteiger partial charge < -0.3 is 10.6 Å². The Hall–Kier alpha value is -1.62. The standard InChI is InChI=1S/C14H20FN3O/c1-17(10-14(19)18-6-2-3-7-18)9-11-4-5-13(16)12(15)8-11/h4-5,8H,2-3,6-7,9-10,16H2,1H3. The fraction of sp³-hybridized carbons (Fsp3) is 0.500. The monoisotopic (exact) mass is 265 g/mol. The summed E-state index contributed by atoms with van der Waals surface area (Å²) >= 11 is 0. The van der Waals surface area contributed by atoms with Crippen LogP contribution in [0.1, 0.15) is 18.4 Å². The summed E-state index contributed by atoms with van der Waals surface area (Å²) in [5, 5.41) is 0. The third kappa shape index (κ3) is 3.67. The minimum absolute atomic E-state index is 0.149. The summed E-state index contributed by atoms with van der Waals surface area (Å²) in [5.74, 6) is -0.257. The van der Waals surface area contributed by atoms with Gasteiger partial charge >= 0.3 is 0 Å². The normalized spacial score (nSPS) is 15.2. The van der Waals surface area contributed by atoms with Gasteiger partial charge in [-0.15, -0.1) is 0 Å². The Morgan fingerprint density at radius 3 is 2.74 bits per heavy atom. The lowest BCUT2D eigenvalue weighted by Gasteiger charge is -2.21. The molecule has 0 aliphatic carbocycles. The molecule has 0 atom stereocenters. The van der Waals surface area contributed by atoms with Crippen molar-refractivity contribution >= 4 is 11.6 Å². The van der Waals surface area contributed by atoms with Crippen molar-refractivity contribution < 1.29 is 9.18 Å². The summed E-state index contributed by atoms with van der Waals surface area (Å²) in [4.78, 5) is 15.7. The van der Waals surface area contributed by atoms with E-state index in [1.54, 1.807) is 12.1 Å². The van der Waals surface area contributed by atoms with Crippen LogP contribution in [-0.2, 0) is 11.3 Å². The zero-order chi connectivity index (χ0) is 13.8. The summed E-state index contributed by atoms with van der Waals surface area (Å²) in [7, 11) is 1.86. The van der Waals surface area contributed by atoms with Crippen molar-refractivity contribution in [2.75, 3.05) is 32.4 Å². The molecule has 2 rings (SSSR count). The van der Waals surface area contributed by atoms with Crippen LogP contribution >= 0.6 is 0 Å². The average molecular weight is 265 g/mol. The molecule has 1 heterocycles. The van der Waals surface area contributed by atoms with Crippen molar-refractivity contribution in [3.8, 4) is 0 Å². The fourth-order valence-corrected chi connectivity index (χ4v) is 2.33. The molecule has 1 saturated heterocycles. The molecule has 0 spiro atoms. The summed E-state index contributed by atoms with van der Waals surface area (Å²) in [6.45, 7) is 2.63. The summed E-state index contributed by atoms with van der Waals surface area (Å²) in [5.41, 5.74) is 6.41. The van der Waals surface area contributed by atoms with E-state index in [0.29, 0.717) is 13.1 Å². The van der Waals surface area contributed by atoms with E-state index in [0.717, 1.165) is 31.5 Å². The Morgan fingerprint density at radius 1 is 1.42 bits per heavy atom. The first kappa shape index (κ1) is 13.8. The van der Waals surface area contributed by atoms with Gasteiger partial charge in [-0.05, 0) is 37.6 Å². The molecule has 1 aromatic rings. The molecule has 0 aromatic heterocycles. The number of hydrogen-bond donors (Lipinski definition) is 1. The van der Waals surface area contributed by atoms with E-state index in [2.05, 4.69) is 0 Å². The number of nitrogens with zero attached hydrogens (tertiary/aromatic N) is 2. The highest BCUT2D eigenvalue weighted by Gasteiger charge is 2.19. The molecule has 2 N–H and O–H groups in total. The van der Waals surface area contributed by atoms with Crippen molar-refractivity contribution in [1.82, 2.24) is 9.80 Å². The number of carbonyl (C=O) groups excluding carboxylic acids is 1. The zero-order valence-electron chi connectivity index (χ0n) is 11.2. The van der Waals surface area contributed by atoms with Crippen LogP contribution in [-0.4, -0.2) is 42.4 Å². The Morgan fingerprint density at radius 2 is 2.11 bits per heavy atom. The van der Waals surface area contributed by atoms with Crippen LogP contribution < -0.4 is 5.73 Å². The summed E-state index contributed by atoms with van der Waals surface area (Å²) in [6.07, 6.45) is 2.19. The van der Waals surface area contributed by atoms with Gasteiger partial charge in [0.15, 0.2) is 0 Å². The molecule has 1 aliphatic rings. The number of rotatable bonds is 4. The number of likely N-dealkylation sites (N-methyl/N-ethyl adjacent to an activating group) is 1. The molecule has 1 amide bonds. The van der Waals surface area contributed by atoms with E-state index in [4.69, 9.17) is 5.73 Å². The zero-order valence-corrected chi connectivity index (χ0v) is 11.2.